The molecule has 3 rings (SSSR count). The van der Waals surface area contributed by atoms with E-state index in [1.165, 1.54) is 11.8 Å². The first-order valence-electron chi connectivity index (χ1n) is 8.80. The Balaban J connectivity index is 1.68. The topological polar surface area (TPSA) is 64.7 Å². The van der Waals surface area contributed by atoms with Crippen LogP contribution in [0.2, 0.25) is 5.02 Å². The number of carbonyl (C=O) groups excluding carboxylic acids is 1. The second kappa shape index (κ2) is 9.12. The number of aryl methyl sites for hydroxylation is 1. The van der Waals surface area contributed by atoms with Crippen molar-refractivity contribution in [2.75, 3.05) is 11.1 Å². The van der Waals surface area contributed by atoms with Crippen LogP contribution in [0, 0.1) is 6.92 Å². The summed E-state index contributed by atoms with van der Waals surface area (Å²) in [7, 11) is 2.00. The van der Waals surface area contributed by atoms with Crippen LogP contribution in [0.15, 0.2) is 54.3 Å². The molecule has 146 valence electrons. The average Bonchev–Trinajstić information content (AvgIpc) is 3.25. The van der Waals surface area contributed by atoms with Crippen molar-refractivity contribution < 1.29 is 4.79 Å². The van der Waals surface area contributed by atoms with E-state index in [1.54, 1.807) is 12.1 Å². The molecule has 0 saturated carbocycles. The van der Waals surface area contributed by atoms with Crippen molar-refractivity contribution in [3.8, 4) is 0 Å². The van der Waals surface area contributed by atoms with E-state index in [0.29, 0.717) is 23.1 Å². The molecular formula is C20H22ClN5OS. The van der Waals surface area contributed by atoms with Crippen molar-refractivity contribution in [1.29, 1.82) is 0 Å². The summed E-state index contributed by atoms with van der Waals surface area (Å²) in [6.45, 7) is 6.28. The van der Waals surface area contributed by atoms with Crippen molar-refractivity contribution in [1.82, 2.24) is 19.3 Å². The highest BCUT2D eigenvalue weighted by molar-refractivity contribution is 7.99. The number of anilines is 1. The molecule has 0 aliphatic heterocycles. The average molecular weight is 416 g/mol. The summed E-state index contributed by atoms with van der Waals surface area (Å²) in [6, 6.07) is 9.51. The number of allylic oxidation sites excluding steroid dienone is 1. The smallest absolute Gasteiger partial charge is 0.234 e. The fourth-order valence-electron chi connectivity index (χ4n) is 2.77. The molecule has 6 nitrogen and oxygen atoms in total. The minimum Gasteiger partial charge on any atom is -0.354 e. The zero-order valence-corrected chi connectivity index (χ0v) is 17.4. The molecule has 0 spiro atoms. The monoisotopic (exact) mass is 415 g/mol. The number of nitrogens with zero attached hydrogens (tertiary/aromatic N) is 4. The quantitative estimate of drug-likeness (QED) is 0.444. The van der Waals surface area contributed by atoms with E-state index in [2.05, 4.69) is 32.7 Å². The number of halogens is 1. The Morgan fingerprint density at radius 1 is 1.32 bits per heavy atom. The summed E-state index contributed by atoms with van der Waals surface area (Å²) in [6.07, 6.45) is 4.47. The summed E-state index contributed by atoms with van der Waals surface area (Å²) in [5.41, 5.74) is 2.71. The molecule has 0 fully saturated rings. The number of rotatable bonds is 8. The van der Waals surface area contributed by atoms with Crippen LogP contribution in [0.5, 0.6) is 0 Å². The number of nitrogens with one attached hydrogen (secondary N) is 1. The lowest BCUT2D eigenvalue weighted by atomic mass is 10.2. The van der Waals surface area contributed by atoms with Crippen LogP contribution in [0.4, 0.5) is 5.69 Å². The van der Waals surface area contributed by atoms with Crippen molar-refractivity contribution in [2.45, 2.75) is 25.0 Å². The Kier molecular flexibility index (Phi) is 6.59. The summed E-state index contributed by atoms with van der Waals surface area (Å²) in [4.78, 5) is 12.4. The van der Waals surface area contributed by atoms with Gasteiger partial charge in [-0.05, 0) is 36.8 Å². The number of aromatic nitrogens is 4. The lowest BCUT2D eigenvalue weighted by Crippen LogP contribution is -2.15. The molecule has 3 aromatic rings. The number of benzene rings is 1. The van der Waals surface area contributed by atoms with E-state index in [4.69, 9.17) is 11.6 Å². The standard InChI is InChI=1S/C20H22ClN5OS/c1-4-10-26-18(12-15-7-6-11-25(15)3)23-24-20(26)28-13-19(27)22-17-9-5-8-16(21)14(17)2/h4-9,11H,1,10,12-13H2,2-3H3,(H,22,27). The number of amides is 1. The fourth-order valence-corrected chi connectivity index (χ4v) is 3.71. The van der Waals surface area contributed by atoms with Gasteiger partial charge in [0.25, 0.3) is 0 Å². The van der Waals surface area contributed by atoms with Crippen LogP contribution in [0.3, 0.4) is 0 Å². The van der Waals surface area contributed by atoms with Crippen LogP contribution in [0.1, 0.15) is 17.1 Å². The van der Waals surface area contributed by atoms with Crippen molar-refractivity contribution in [2.24, 2.45) is 7.05 Å². The van der Waals surface area contributed by atoms with Gasteiger partial charge in [0.15, 0.2) is 5.16 Å². The highest BCUT2D eigenvalue weighted by atomic mass is 35.5. The van der Waals surface area contributed by atoms with E-state index in [1.807, 2.05) is 42.9 Å². The lowest BCUT2D eigenvalue weighted by Gasteiger charge is -2.10. The molecule has 0 saturated heterocycles. The third-order valence-electron chi connectivity index (χ3n) is 4.37. The van der Waals surface area contributed by atoms with Crippen LogP contribution < -0.4 is 5.32 Å². The molecule has 1 aromatic carbocycles. The van der Waals surface area contributed by atoms with E-state index in [9.17, 15) is 4.79 Å². The second-order valence-electron chi connectivity index (χ2n) is 6.33. The number of hydrogen-bond donors (Lipinski definition) is 1. The highest BCUT2D eigenvalue weighted by Gasteiger charge is 2.15. The third-order valence-corrected chi connectivity index (χ3v) is 5.75. The summed E-state index contributed by atoms with van der Waals surface area (Å²) < 4.78 is 4.04. The Hall–Kier alpha value is -2.51. The highest BCUT2D eigenvalue weighted by Crippen LogP contribution is 2.24. The molecule has 2 aromatic heterocycles. The predicted octanol–water partition coefficient (Wildman–Crippen LogP) is 4.09. The Bertz CT molecular complexity index is 994. The van der Waals surface area contributed by atoms with Gasteiger partial charge < -0.3 is 14.5 Å². The first-order chi connectivity index (χ1) is 13.5. The van der Waals surface area contributed by atoms with Gasteiger partial charge >= 0.3 is 0 Å². The van der Waals surface area contributed by atoms with Crippen LogP contribution >= 0.6 is 23.4 Å². The molecular weight excluding hydrogens is 394 g/mol. The predicted molar refractivity (Wildman–Crippen MR) is 114 cm³/mol. The SMILES string of the molecule is C=CCn1c(Cc2cccn2C)nnc1SCC(=O)Nc1cccc(Cl)c1C. The molecule has 0 bridgehead atoms. The Labute approximate surface area is 173 Å². The third kappa shape index (κ3) is 4.66. The fraction of sp³-hybridized carbons (Fsp3) is 0.250. The van der Waals surface area contributed by atoms with Gasteiger partial charge in [-0.1, -0.05) is 35.5 Å². The minimum atomic E-state index is -0.118. The molecule has 2 heterocycles. The first kappa shape index (κ1) is 20.2. The summed E-state index contributed by atoms with van der Waals surface area (Å²) >= 11 is 7.46. The van der Waals surface area contributed by atoms with Gasteiger partial charge in [-0.15, -0.1) is 16.8 Å². The van der Waals surface area contributed by atoms with Gasteiger partial charge in [-0.25, -0.2) is 0 Å². The van der Waals surface area contributed by atoms with Gasteiger partial charge in [0.05, 0.1) is 5.75 Å². The summed E-state index contributed by atoms with van der Waals surface area (Å²) in [5, 5.41) is 12.8. The van der Waals surface area contributed by atoms with E-state index in [0.717, 1.165) is 22.8 Å². The molecule has 28 heavy (non-hydrogen) atoms. The first-order valence-corrected chi connectivity index (χ1v) is 10.2. The zero-order chi connectivity index (χ0) is 20.1. The Morgan fingerprint density at radius 3 is 2.86 bits per heavy atom. The van der Waals surface area contributed by atoms with Crippen molar-refractivity contribution >= 4 is 35.0 Å². The number of thioether (sulfide) groups is 1. The molecule has 0 aliphatic carbocycles. The molecule has 0 aliphatic rings. The molecule has 8 heteroatoms. The van der Waals surface area contributed by atoms with Crippen molar-refractivity contribution in [3.63, 3.8) is 0 Å². The normalized spacial score (nSPS) is 10.8. The van der Waals surface area contributed by atoms with Crippen LogP contribution in [-0.4, -0.2) is 31.0 Å². The maximum Gasteiger partial charge on any atom is 0.234 e. The maximum absolute atomic E-state index is 12.4. The van der Waals surface area contributed by atoms with E-state index < -0.39 is 0 Å². The van der Waals surface area contributed by atoms with Crippen LogP contribution in [-0.2, 0) is 24.8 Å². The number of hydrogen-bond acceptors (Lipinski definition) is 4. The molecule has 1 amide bonds. The van der Waals surface area contributed by atoms with Gasteiger partial charge in [0.1, 0.15) is 5.82 Å². The maximum atomic E-state index is 12.4. The molecule has 0 radical (unpaired) electrons. The minimum absolute atomic E-state index is 0.118. The van der Waals surface area contributed by atoms with Gasteiger partial charge in [-0.3, -0.25) is 4.79 Å². The van der Waals surface area contributed by atoms with Gasteiger partial charge in [0, 0.05) is 42.6 Å². The van der Waals surface area contributed by atoms with Crippen molar-refractivity contribution in [3.05, 3.63) is 71.3 Å². The molecule has 0 unspecified atom stereocenters. The van der Waals surface area contributed by atoms with Gasteiger partial charge in [-0.2, -0.15) is 0 Å². The second-order valence-corrected chi connectivity index (χ2v) is 7.68. The zero-order valence-electron chi connectivity index (χ0n) is 15.9. The van der Waals surface area contributed by atoms with E-state index >= 15 is 0 Å². The molecule has 1 N–H and O–H groups in total. The molecule has 0 atom stereocenters. The Morgan fingerprint density at radius 2 is 2.14 bits per heavy atom. The lowest BCUT2D eigenvalue weighted by molar-refractivity contribution is -0.113. The van der Waals surface area contributed by atoms with Crippen LogP contribution in [0.25, 0.3) is 0 Å². The summed E-state index contributed by atoms with van der Waals surface area (Å²) in [5.74, 6) is 0.952. The van der Waals surface area contributed by atoms with Gasteiger partial charge in [0.2, 0.25) is 5.91 Å². The number of carbonyl (C=O) groups is 1. The largest absolute Gasteiger partial charge is 0.354 e. The van der Waals surface area contributed by atoms with E-state index in [-0.39, 0.29) is 11.7 Å².